The molecule has 1 rings (SSSR count). The summed E-state index contributed by atoms with van der Waals surface area (Å²) in [7, 11) is 0. The fourth-order valence-electron chi connectivity index (χ4n) is 1.55. The Morgan fingerprint density at radius 3 is 2.75 bits per heavy atom. The summed E-state index contributed by atoms with van der Waals surface area (Å²) in [6.07, 6.45) is 0. The van der Waals surface area contributed by atoms with Crippen molar-refractivity contribution in [3.8, 4) is 6.07 Å². The van der Waals surface area contributed by atoms with Gasteiger partial charge < -0.3 is 10.0 Å². The number of benzene rings is 1. The van der Waals surface area contributed by atoms with Crippen LogP contribution in [0.1, 0.15) is 18.1 Å². The highest BCUT2D eigenvalue weighted by Gasteiger charge is 2.12. The van der Waals surface area contributed by atoms with E-state index in [0.717, 1.165) is 5.56 Å². The average molecular weight is 218 g/mol. The summed E-state index contributed by atoms with van der Waals surface area (Å²) in [5, 5.41) is 17.8. The second-order valence-corrected chi connectivity index (χ2v) is 3.54. The van der Waals surface area contributed by atoms with Gasteiger partial charge in [-0.05, 0) is 31.5 Å². The molecule has 0 aliphatic heterocycles. The van der Waals surface area contributed by atoms with Crippen molar-refractivity contribution in [2.75, 3.05) is 18.0 Å². The summed E-state index contributed by atoms with van der Waals surface area (Å²) in [6.45, 7) is 4.24. The minimum Gasteiger partial charge on any atom is -0.480 e. The number of nitrogens with zero attached hydrogens (tertiary/aromatic N) is 2. The van der Waals surface area contributed by atoms with Crippen LogP contribution in [0.2, 0.25) is 0 Å². The van der Waals surface area contributed by atoms with Gasteiger partial charge in [0.15, 0.2) is 0 Å². The second kappa shape index (κ2) is 5.17. The fraction of sp³-hybridized carbons (Fsp3) is 0.333. The van der Waals surface area contributed by atoms with E-state index in [2.05, 4.69) is 6.07 Å². The summed E-state index contributed by atoms with van der Waals surface area (Å²) in [5.41, 5.74) is 2.19. The number of carbonyl (C=O) groups is 1. The molecule has 0 aromatic heterocycles. The van der Waals surface area contributed by atoms with E-state index in [4.69, 9.17) is 10.4 Å². The highest BCUT2D eigenvalue weighted by molar-refractivity contribution is 5.75. The Balaban J connectivity index is 3.10. The van der Waals surface area contributed by atoms with Crippen molar-refractivity contribution in [1.82, 2.24) is 0 Å². The summed E-state index contributed by atoms with van der Waals surface area (Å²) in [4.78, 5) is 12.4. The third-order valence-corrected chi connectivity index (χ3v) is 2.32. The molecular formula is C12H14N2O2. The highest BCUT2D eigenvalue weighted by atomic mass is 16.4. The zero-order chi connectivity index (χ0) is 12.1. The lowest BCUT2D eigenvalue weighted by Crippen LogP contribution is -2.29. The van der Waals surface area contributed by atoms with E-state index in [9.17, 15) is 4.79 Å². The van der Waals surface area contributed by atoms with Gasteiger partial charge in [-0.3, -0.25) is 4.79 Å². The number of likely N-dealkylation sites (N-methyl/N-ethyl adjacent to an activating group) is 1. The molecule has 84 valence electrons. The van der Waals surface area contributed by atoms with E-state index < -0.39 is 5.97 Å². The Kier molecular flexibility index (Phi) is 3.90. The maximum Gasteiger partial charge on any atom is 0.323 e. The first-order valence-electron chi connectivity index (χ1n) is 5.06. The van der Waals surface area contributed by atoms with Gasteiger partial charge in [-0.1, -0.05) is 6.07 Å². The van der Waals surface area contributed by atoms with Gasteiger partial charge in [0.1, 0.15) is 12.6 Å². The molecule has 0 saturated carbocycles. The molecule has 1 aromatic carbocycles. The first-order chi connectivity index (χ1) is 7.58. The smallest absolute Gasteiger partial charge is 0.323 e. The maximum absolute atomic E-state index is 10.7. The predicted octanol–water partition coefficient (Wildman–Crippen LogP) is 1.78. The standard InChI is InChI=1S/C12H14N2O2/c1-3-14(8-12(15)16)11-5-4-9(2)6-10(11)7-13/h4-6H,3,8H2,1-2H3,(H,15,16). The van der Waals surface area contributed by atoms with Gasteiger partial charge in [0.2, 0.25) is 0 Å². The van der Waals surface area contributed by atoms with E-state index >= 15 is 0 Å². The first kappa shape index (κ1) is 12.1. The molecule has 0 bridgehead atoms. The van der Waals surface area contributed by atoms with E-state index in [1.54, 1.807) is 17.0 Å². The number of carboxylic acids is 1. The third kappa shape index (κ3) is 2.74. The lowest BCUT2D eigenvalue weighted by Gasteiger charge is -2.22. The van der Waals surface area contributed by atoms with Crippen LogP contribution in [0.4, 0.5) is 5.69 Å². The molecule has 0 fully saturated rings. The molecule has 4 heteroatoms. The summed E-state index contributed by atoms with van der Waals surface area (Å²) in [5.74, 6) is -0.897. The van der Waals surface area contributed by atoms with Gasteiger partial charge in [0.05, 0.1) is 11.3 Å². The molecule has 0 heterocycles. The molecule has 0 spiro atoms. The van der Waals surface area contributed by atoms with E-state index in [0.29, 0.717) is 17.8 Å². The molecule has 0 radical (unpaired) electrons. The molecule has 1 aromatic rings. The molecular weight excluding hydrogens is 204 g/mol. The Hall–Kier alpha value is -2.02. The Labute approximate surface area is 94.7 Å². The summed E-state index contributed by atoms with van der Waals surface area (Å²) >= 11 is 0. The van der Waals surface area contributed by atoms with Gasteiger partial charge in [-0.2, -0.15) is 5.26 Å². The topological polar surface area (TPSA) is 64.3 Å². The largest absolute Gasteiger partial charge is 0.480 e. The Morgan fingerprint density at radius 2 is 2.25 bits per heavy atom. The molecule has 0 unspecified atom stereocenters. The zero-order valence-corrected chi connectivity index (χ0v) is 9.40. The van der Waals surface area contributed by atoms with Gasteiger partial charge >= 0.3 is 5.97 Å². The highest BCUT2D eigenvalue weighted by Crippen LogP contribution is 2.20. The van der Waals surface area contributed by atoms with Crippen LogP contribution in [-0.2, 0) is 4.79 Å². The second-order valence-electron chi connectivity index (χ2n) is 3.54. The molecule has 1 N–H and O–H groups in total. The van der Waals surface area contributed by atoms with Crippen LogP contribution in [0, 0.1) is 18.3 Å². The van der Waals surface area contributed by atoms with Crippen LogP contribution in [0.5, 0.6) is 0 Å². The minimum atomic E-state index is -0.897. The number of hydrogen-bond donors (Lipinski definition) is 1. The molecule has 0 saturated heterocycles. The number of nitriles is 1. The number of rotatable bonds is 4. The fourth-order valence-corrected chi connectivity index (χ4v) is 1.55. The van der Waals surface area contributed by atoms with Crippen LogP contribution in [0.15, 0.2) is 18.2 Å². The van der Waals surface area contributed by atoms with Crippen molar-refractivity contribution in [1.29, 1.82) is 5.26 Å². The number of aliphatic carboxylic acids is 1. The third-order valence-electron chi connectivity index (χ3n) is 2.32. The van der Waals surface area contributed by atoms with E-state index in [1.165, 1.54) is 0 Å². The van der Waals surface area contributed by atoms with Gasteiger partial charge in [-0.15, -0.1) is 0 Å². The molecule has 16 heavy (non-hydrogen) atoms. The first-order valence-corrected chi connectivity index (χ1v) is 5.06. The normalized spacial score (nSPS) is 9.56. The van der Waals surface area contributed by atoms with Crippen LogP contribution < -0.4 is 4.90 Å². The van der Waals surface area contributed by atoms with Crippen molar-refractivity contribution in [2.45, 2.75) is 13.8 Å². The number of carboxylic acid groups (broad SMARTS) is 1. The predicted molar refractivity (Wildman–Crippen MR) is 61.4 cm³/mol. The molecule has 4 nitrogen and oxygen atoms in total. The van der Waals surface area contributed by atoms with Crippen LogP contribution in [-0.4, -0.2) is 24.2 Å². The van der Waals surface area contributed by atoms with Crippen LogP contribution in [0.25, 0.3) is 0 Å². The SMILES string of the molecule is CCN(CC(=O)O)c1ccc(C)cc1C#N. The monoisotopic (exact) mass is 218 g/mol. The van der Waals surface area contributed by atoms with Crippen LogP contribution >= 0.6 is 0 Å². The van der Waals surface area contributed by atoms with Gasteiger partial charge in [0.25, 0.3) is 0 Å². The van der Waals surface area contributed by atoms with Crippen molar-refractivity contribution < 1.29 is 9.90 Å². The lowest BCUT2D eigenvalue weighted by atomic mass is 10.1. The minimum absolute atomic E-state index is 0.0890. The Bertz CT molecular complexity index is 435. The van der Waals surface area contributed by atoms with Crippen molar-refractivity contribution in [3.05, 3.63) is 29.3 Å². The summed E-state index contributed by atoms with van der Waals surface area (Å²) in [6, 6.07) is 7.52. The average Bonchev–Trinajstić information content (AvgIpc) is 2.25. The quantitative estimate of drug-likeness (QED) is 0.836. The van der Waals surface area contributed by atoms with Gasteiger partial charge in [-0.25, -0.2) is 0 Å². The van der Waals surface area contributed by atoms with E-state index in [1.807, 2.05) is 19.9 Å². The molecule has 0 aliphatic rings. The van der Waals surface area contributed by atoms with Crippen LogP contribution in [0.3, 0.4) is 0 Å². The maximum atomic E-state index is 10.7. The Morgan fingerprint density at radius 1 is 1.56 bits per heavy atom. The number of anilines is 1. The van der Waals surface area contributed by atoms with Crippen molar-refractivity contribution in [2.24, 2.45) is 0 Å². The molecule has 0 aliphatic carbocycles. The van der Waals surface area contributed by atoms with Crippen molar-refractivity contribution in [3.63, 3.8) is 0 Å². The van der Waals surface area contributed by atoms with E-state index in [-0.39, 0.29) is 6.54 Å². The number of aryl methyl sites for hydroxylation is 1. The molecule has 0 atom stereocenters. The number of hydrogen-bond acceptors (Lipinski definition) is 3. The van der Waals surface area contributed by atoms with Gasteiger partial charge in [0, 0.05) is 6.54 Å². The zero-order valence-electron chi connectivity index (χ0n) is 9.40. The van der Waals surface area contributed by atoms with Crippen molar-refractivity contribution >= 4 is 11.7 Å². The lowest BCUT2D eigenvalue weighted by molar-refractivity contribution is -0.135. The molecule has 0 amide bonds. The summed E-state index contributed by atoms with van der Waals surface area (Å²) < 4.78 is 0.